The molecule has 0 aromatic heterocycles. The molecule has 0 saturated carbocycles. The third kappa shape index (κ3) is 3.43. The van der Waals surface area contributed by atoms with Crippen LogP contribution in [0.4, 0.5) is 4.79 Å². The van der Waals surface area contributed by atoms with Gasteiger partial charge in [-0.15, -0.1) is 0 Å². The number of rotatable bonds is 5. The van der Waals surface area contributed by atoms with Crippen LogP contribution in [-0.4, -0.2) is 29.0 Å². The first-order chi connectivity index (χ1) is 12.0. The fourth-order valence-corrected chi connectivity index (χ4v) is 3.04. The van der Waals surface area contributed by atoms with E-state index in [9.17, 15) is 10.0 Å². The van der Waals surface area contributed by atoms with Crippen LogP contribution in [0.2, 0.25) is 0 Å². The highest BCUT2D eigenvalue weighted by Gasteiger charge is 2.45. The van der Waals surface area contributed by atoms with Crippen molar-refractivity contribution < 1.29 is 19.6 Å². The van der Waals surface area contributed by atoms with Gasteiger partial charge >= 0.3 is 6.03 Å². The van der Waals surface area contributed by atoms with E-state index in [0.29, 0.717) is 23.8 Å². The van der Waals surface area contributed by atoms with E-state index in [4.69, 9.17) is 15.3 Å². The monoisotopic (exact) mass is 343 g/mol. The lowest BCUT2D eigenvalue weighted by Crippen LogP contribution is -2.56. The number of nitrogens with zero attached hydrogens (tertiary/aromatic N) is 1. The third-order valence-electron chi connectivity index (χ3n) is 4.49. The van der Waals surface area contributed by atoms with Crippen molar-refractivity contribution in [2.24, 2.45) is 5.73 Å². The summed E-state index contributed by atoms with van der Waals surface area (Å²) in [6, 6.07) is 15.3. The molecule has 1 aliphatic heterocycles. The van der Waals surface area contributed by atoms with Crippen LogP contribution in [0.3, 0.4) is 0 Å². The van der Waals surface area contributed by atoms with Gasteiger partial charge in [-0.2, -0.15) is 5.48 Å². The summed E-state index contributed by atoms with van der Waals surface area (Å²) in [6.45, 7) is 2.15. The Morgan fingerprint density at radius 1 is 1.28 bits per heavy atom. The molecule has 7 nitrogen and oxygen atoms in total. The molecule has 0 bridgehead atoms. The Balaban J connectivity index is 1.92. The van der Waals surface area contributed by atoms with Gasteiger partial charge in [-0.3, -0.25) is 5.21 Å². The number of carbonyl (C=O) groups is 1. The highest BCUT2D eigenvalue weighted by atomic mass is 16.7. The molecular weight excluding hydrogens is 322 g/mol. The standard InChI is InChI=1S/C18H21N3O4/c1-13(21(23)17(19)22)18(10-11-24-20-18)14-6-5-9-16(12-14)25-15-7-3-2-4-8-15/h2-9,12-13,20,23H,10-11H2,1H3,(H2,19,22). The van der Waals surface area contributed by atoms with E-state index in [1.807, 2.05) is 54.6 Å². The lowest BCUT2D eigenvalue weighted by molar-refractivity contribution is -0.107. The highest BCUT2D eigenvalue weighted by Crippen LogP contribution is 2.37. The van der Waals surface area contributed by atoms with Crippen molar-refractivity contribution in [1.29, 1.82) is 0 Å². The van der Waals surface area contributed by atoms with Gasteiger partial charge in [0.1, 0.15) is 11.5 Å². The average molecular weight is 343 g/mol. The molecule has 132 valence electrons. The van der Waals surface area contributed by atoms with Gasteiger partial charge in [0.05, 0.1) is 18.2 Å². The van der Waals surface area contributed by atoms with Crippen LogP contribution in [0.5, 0.6) is 11.5 Å². The summed E-state index contributed by atoms with van der Waals surface area (Å²) in [5, 5.41) is 10.5. The lowest BCUT2D eigenvalue weighted by atomic mass is 9.82. The topological polar surface area (TPSA) is 97.1 Å². The number of nitrogens with one attached hydrogen (secondary N) is 1. The van der Waals surface area contributed by atoms with Crippen molar-refractivity contribution in [1.82, 2.24) is 10.5 Å². The fourth-order valence-electron chi connectivity index (χ4n) is 3.04. The smallest absolute Gasteiger partial charge is 0.338 e. The van der Waals surface area contributed by atoms with Crippen LogP contribution < -0.4 is 16.0 Å². The minimum Gasteiger partial charge on any atom is -0.457 e. The summed E-state index contributed by atoms with van der Waals surface area (Å²) in [4.78, 5) is 16.7. The van der Waals surface area contributed by atoms with Crippen LogP contribution in [0.25, 0.3) is 0 Å². The second kappa shape index (κ2) is 7.10. The first kappa shape index (κ1) is 17.2. The van der Waals surface area contributed by atoms with Crippen LogP contribution in [0.15, 0.2) is 54.6 Å². The third-order valence-corrected chi connectivity index (χ3v) is 4.49. The molecule has 4 N–H and O–H groups in total. The van der Waals surface area contributed by atoms with Gasteiger partial charge in [0, 0.05) is 0 Å². The predicted molar refractivity (Wildman–Crippen MR) is 91.0 cm³/mol. The van der Waals surface area contributed by atoms with Gasteiger partial charge in [0.25, 0.3) is 0 Å². The van der Waals surface area contributed by atoms with Gasteiger partial charge in [-0.1, -0.05) is 30.3 Å². The molecule has 1 heterocycles. The van der Waals surface area contributed by atoms with Gasteiger partial charge in [0.15, 0.2) is 0 Å². The van der Waals surface area contributed by atoms with Crippen LogP contribution in [0, 0.1) is 0 Å². The molecular formula is C18H21N3O4. The molecule has 2 atom stereocenters. The summed E-state index contributed by atoms with van der Waals surface area (Å²) in [5.41, 5.74) is 8.20. The van der Waals surface area contributed by atoms with E-state index in [0.717, 1.165) is 11.3 Å². The minimum absolute atomic E-state index is 0.445. The highest BCUT2D eigenvalue weighted by molar-refractivity contribution is 5.71. The lowest BCUT2D eigenvalue weighted by Gasteiger charge is -2.37. The van der Waals surface area contributed by atoms with E-state index >= 15 is 0 Å². The average Bonchev–Trinajstić information content (AvgIpc) is 3.12. The number of nitrogens with two attached hydrogens (primary N) is 1. The zero-order chi connectivity index (χ0) is 17.9. The zero-order valence-corrected chi connectivity index (χ0v) is 13.9. The second-order valence-electron chi connectivity index (χ2n) is 5.97. The van der Waals surface area contributed by atoms with Crippen LogP contribution >= 0.6 is 0 Å². The minimum atomic E-state index is -0.919. The number of amides is 2. The number of ether oxygens (including phenoxy) is 1. The summed E-state index contributed by atoms with van der Waals surface area (Å²) in [6.07, 6.45) is 0.563. The Morgan fingerprint density at radius 3 is 2.64 bits per heavy atom. The maximum atomic E-state index is 11.4. The summed E-state index contributed by atoms with van der Waals surface area (Å²) < 4.78 is 5.87. The van der Waals surface area contributed by atoms with Gasteiger partial charge in [-0.25, -0.2) is 9.86 Å². The van der Waals surface area contributed by atoms with Crippen molar-refractivity contribution in [3.05, 3.63) is 60.2 Å². The summed E-state index contributed by atoms with van der Waals surface area (Å²) >= 11 is 0. The predicted octanol–water partition coefficient (Wildman–Crippen LogP) is 2.76. The Labute approximate surface area is 145 Å². The van der Waals surface area contributed by atoms with Crippen molar-refractivity contribution in [3.8, 4) is 11.5 Å². The van der Waals surface area contributed by atoms with E-state index in [1.165, 1.54) is 0 Å². The molecule has 1 saturated heterocycles. The Bertz CT molecular complexity index is 732. The molecule has 25 heavy (non-hydrogen) atoms. The molecule has 2 aromatic carbocycles. The van der Waals surface area contributed by atoms with E-state index < -0.39 is 17.6 Å². The largest absolute Gasteiger partial charge is 0.457 e. The second-order valence-corrected chi connectivity index (χ2v) is 5.97. The first-order valence-electron chi connectivity index (χ1n) is 8.03. The van der Waals surface area contributed by atoms with Crippen molar-refractivity contribution in [3.63, 3.8) is 0 Å². The quantitative estimate of drug-likeness (QED) is 0.573. The number of hydroxylamine groups is 3. The molecule has 1 fully saturated rings. The number of para-hydroxylation sites is 1. The molecule has 1 aliphatic rings. The van der Waals surface area contributed by atoms with Crippen LogP contribution in [0.1, 0.15) is 18.9 Å². The fraction of sp³-hybridized carbons (Fsp3) is 0.278. The van der Waals surface area contributed by atoms with E-state index in [2.05, 4.69) is 5.48 Å². The number of hydrogen-bond acceptors (Lipinski definition) is 5. The van der Waals surface area contributed by atoms with Crippen molar-refractivity contribution >= 4 is 6.03 Å². The number of urea groups is 1. The Hall–Kier alpha value is -2.61. The molecule has 2 unspecified atom stereocenters. The van der Waals surface area contributed by atoms with E-state index in [-0.39, 0.29) is 0 Å². The van der Waals surface area contributed by atoms with E-state index in [1.54, 1.807) is 6.92 Å². The molecule has 0 spiro atoms. The van der Waals surface area contributed by atoms with Gasteiger partial charge < -0.3 is 15.3 Å². The molecule has 2 aromatic rings. The summed E-state index contributed by atoms with van der Waals surface area (Å²) in [5.74, 6) is 1.37. The molecule has 7 heteroatoms. The van der Waals surface area contributed by atoms with Gasteiger partial charge in [-0.05, 0) is 43.2 Å². The number of hydrogen-bond donors (Lipinski definition) is 3. The molecule has 0 radical (unpaired) electrons. The van der Waals surface area contributed by atoms with Crippen molar-refractivity contribution in [2.75, 3.05) is 6.61 Å². The number of benzene rings is 2. The zero-order valence-electron chi connectivity index (χ0n) is 13.9. The molecule has 2 amide bonds. The Kier molecular flexibility index (Phi) is 4.89. The maximum absolute atomic E-state index is 11.4. The molecule has 3 rings (SSSR count). The van der Waals surface area contributed by atoms with Crippen molar-refractivity contribution in [2.45, 2.75) is 24.9 Å². The summed E-state index contributed by atoms with van der Waals surface area (Å²) in [7, 11) is 0. The normalized spacial score (nSPS) is 20.9. The first-order valence-corrected chi connectivity index (χ1v) is 8.03. The number of primary amides is 1. The van der Waals surface area contributed by atoms with Crippen LogP contribution in [-0.2, 0) is 10.4 Å². The Morgan fingerprint density at radius 2 is 2.00 bits per heavy atom. The molecule has 0 aliphatic carbocycles. The van der Waals surface area contributed by atoms with Gasteiger partial charge in [0.2, 0.25) is 0 Å². The SMILES string of the molecule is CC(N(O)C(N)=O)C1(c2cccc(Oc3ccccc3)c2)CCON1. The maximum Gasteiger partial charge on any atom is 0.338 e. The number of carbonyl (C=O) groups excluding carboxylic acids is 1.